The number of rotatable bonds is 6. The fourth-order valence-corrected chi connectivity index (χ4v) is 1.55. The molecule has 0 radical (unpaired) electrons. The van der Waals surface area contributed by atoms with Crippen LogP contribution in [0.2, 0.25) is 0 Å². The van der Waals surface area contributed by atoms with Gasteiger partial charge >= 0.3 is 5.97 Å². The van der Waals surface area contributed by atoms with E-state index in [-0.39, 0.29) is 12.4 Å². The van der Waals surface area contributed by atoms with Crippen LogP contribution in [0.15, 0.2) is 24.3 Å². The first kappa shape index (κ1) is 16.7. The van der Waals surface area contributed by atoms with Gasteiger partial charge in [-0.2, -0.15) is 0 Å². The van der Waals surface area contributed by atoms with E-state index in [4.69, 9.17) is 9.47 Å². The van der Waals surface area contributed by atoms with E-state index >= 15 is 0 Å². The second-order valence-corrected chi connectivity index (χ2v) is 4.21. The van der Waals surface area contributed by atoms with Crippen LogP contribution in [-0.2, 0) is 14.3 Å². The fourth-order valence-electron chi connectivity index (χ4n) is 1.55. The third-order valence-electron chi connectivity index (χ3n) is 2.60. The second-order valence-electron chi connectivity index (χ2n) is 4.21. The Kier molecular flexibility index (Phi) is 6.39. The number of hydrogen-bond donors (Lipinski definition) is 1. The molecular weight excluding hydrogens is 277 g/mol. The molecule has 0 aliphatic heterocycles. The van der Waals surface area contributed by atoms with Crippen LogP contribution in [0.5, 0.6) is 5.75 Å². The molecule has 0 heterocycles. The first-order valence-corrected chi connectivity index (χ1v) is 6.46. The summed E-state index contributed by atoms with van der Waals surface area (Å²) in [6.07, 6.45) is 2.66. The summed E-state index contributed by atoms with van der Waals surface area (Å²) >= 11 is 0. The van der Waals surface area contributed by atoms with Gasteiger partial charge in [0.2, 0.25) is 5.91 Å². The molecule has 21 heavy (non-hydrogen) atoms. The highest BCUT2D eigenvalue weighted by Crippen LogP contribution is 2.18. The van der Waals surface area contributed by atoms with E-state index in [1.165, 1.54) is 38.3 Å². The molecule has 1 aromatic carbocycles. The lowest BCUT2D eigenvalue weighted by Crippen LogP contribution is -2.38. The zero-order valence-electron chi connectivity index (χ0n) is 12.2. The molecule has 5 nitrogen and oxygen atoms in total. The molecule has 114 valence electrons. The Bertz CT molecular complexity index is 542. The van der Waals surface area contributed by atoms with Crippen LogP contribution in [0, 0.1) is 5.82 Å². The lowest BCUT2D eigenvalue weighted by molar-refractivity contribution is -0.146. The van der Waals surface area contributed by atoms with Crippen LogP contribution in [0.25, 0.3) is 6.08 Å². The molecule has 1 rings (SSSR count). The number of carbonyl (C=O) groups is 2. The highest BCUT2D eigenvalue weighted by molar-refractivity contribution is 5.94. The Morgan fingerprint density at radius 2 is 2.14 bits per heavy atom. The lowest BCUT2D eigenvalue weighted by atomic mass is 10.2. The van der Waals surface area contributed by atoms with Gasteiger partial charge in [-0.25, -0.2) is 9.18 Å². The van der Waals surface area contributed by atoms with Crippen LogP contribution < -0.4 is 10.1 Å². The van der Waals surface area contributed by atoms with Crippen molar-refractivity contribution in [1.82, 2.24) is 5.32 Å². The molecule has 0 bridgehead atoms. The molecular formula is C15H18FNO4. The topological polar surface area (TPSA) is 64.6 Å². The predicted molar refractivity (Wildman–Crippen MR) is 76.2 cm³/mol. The molecule has 1 unspecified atom stereocenters. The Labute approximate surface area is 122 Å². The van der Waals surface area contributed by atoms with Crippen molar-refractivity contribution < 1.29 is 23.5 Å². The molecule has 1 atom stereocenters. The van der Waals surface area contributed by atoms with E-state index in [0.717, 1.165) is 0 Å². The van der Waals surface area contributed by atoms with Gasteiger partial charge in [-0.05, 0) is 37.6 Å². The number of methoxy groups -OCH3 is 1. The molecule has 6 heteroatoms. The Morgan fingerprint density at radius 3 is 2.71 bits per heavy atom. The zero-order chi connectivity index (χ0) is 15.8. The van der Waals surface area contributed by atoms with E-state index < -0.39 is 23.7 Å². The van der Waals surface area contributed by atoms with Crippen LogP contribution in [0.4, 0.5) is 4.39 Å². The zero-order valence-corrected chi connectivity index (χ0v) is 12.2. The van der Waals surface area contributed by atoms with Gasteiger partial charge in [0.1, 0.15) is 6.04 Å². The summed E-state index contributed by atoms with van der Waals surface area (Å²) in [6.45, 7) is 3.46. The third-order valence-corrected chi connectivity index (χ3v) is 2.60. The predicted octanol–water partition coefficient (Wildman–Crippen LogP) is 1.92. The van der Waals surface area contributed by atoms with Gasteiger partial charge in [-0.15, -0.1) is 0 Å². The number of amides is 1. The van der Waals surface area contributed by atoms with Crippen molar-refractivity contribution >= 4 is 18.0 Å². The lowest BCUT2D eigenvalue weighted by Gasteiger charge is -2.10. The first-order chi connectivity index (χ1) is 9.97. The summed E-state index contributed by atoms with van der Waals surface area (Å²) in [6, 6.07) is 3.58. The van der Waals surface area contributed by atoms with Gasteiger partial charge in [-0.1, -0.05) is 6.07 Å². The summed E-state index contributed by atoms with van der Waals surface area (Å²) in [5.74, 6) is -1.35. The summed E-state index contributed by atoms with van der Waals surface area (Å²) in [5, 5.41) is 2.45. The number of ether oxygens (including phenoxy) is 2. The van der Waals surface area contributed by atoms with Crippen molar-refractivity contribution in [2.75, 3.05) is 13.7 Å². The number of halogens is 1. The van der Waals surface area contributed by atoms with Crippen LogP contribution >= 0.6 is 0 Å². The van der Waals surface area contributed by atoms with Gasteiger partial charge in [0.05, 0.1) is 13.7 Å². The maximum Gasteiger partial charge on any atom is 0.328 e. The second kappa shape index (κ2) is 8.04. The standard InChI is InChI=1S/C15H18FNO4/c1-4-21-15(19)10(2)17-14(18)8-6-11-5-7-13(20-3)12(16)9-11/h5-10H,4H2,1-3H3,(H,17,18). The highest BCUT2D eigenvalue weighted by Gasteiger charge is 2.14. The summed E-state index contributed by atoms with van der Waals surface area (Å²) in [5.41, 5.74) is 0.507. The molecule has 1 amide bonds. The number of benzene rings is 1. The fraction of sp³-hybridized carbons (Fsp3) is 0.333. The number of hydrogen-bond acceptors (Lipinski definition) is 4. The molecule has 1 N–H and O–H groups in total. The molecule has 0 aliphatic carbocycles. The van der Waals surface area contributed by atoms with Gasteiger partial charge < -0.3 is 14.8 Å². The SMILES string of the molecule is CCOC(=O)C(C)NC(=O)C=Cc1ccc(OC)c(F)c1. The van der Waals surface area contributed by atoms with Crippen LogP contribution in [0.3, 0.4) is 0 Å². The normalized spacial score (nSPS) is 12.0. The van der Waals surface area contributed by atoms with Gasteiger partial charge in [-0.3, -0.25) is 4.79 Å². The van der Waals surface area contributed by atoms with Crippen molar-refractivity contribution in [3.05, 3.63) is 35.7 Å². The van der Waals surface area contributed by atoms with Crippen LogP contribution in [0.1, 0.15) is 19.4 Å². The smallest absolute Gasteiger partial charge is 0.328 e. The maximum atomic E-state index is 13.5. The van der Waals surface area contributed by atoms with E-state index in [2.05, 4.69) is 5.32 Å². The van der Waals surface area contributed by atoms with E-state index in [0.29, 0.717) is 5.56 Å². The van der Waals surface area contributed by atoms with Crippen LogP contribution in [-0.4, -0.2) is 31.6 Å². The summed E-state index contributed by atoms with van der Waals surface area (Å²) in [7, 11) is 1.37. The largest absolute Gasteiger partial charge is 0.494 e. The van der Waals surface area contributed by atoms with Gasteiger partial charge in [0.25, 0.3) is 0 Å². The third kappa shape index (κ3) is 5.25. The molecule has 1 aromatic rings. The minimum Gasteiger partial charge on any atom is -0.494 e. The molecule has 0 saturated carbocycles. The maximum absolute atomic E-state index is 13.5. The molecule has 0 aromatic heterocycles. The number of carbonyl (C=O) groups excluding carboxylic acids is 2. The number of nitrogens with one attached hydrogen (secondary N) is 1. The van der Waals surface area contributed by atoms with Crippen molar-refractivity contribution in [3.8, 4) is 5.75 Å². The first-order valence-electron chi connectivity index (χ1n) is 6.46. The molecule has 0 aliphatic rings. The molecule has 0 saturated heterocycles. The van der Waals surface area contributed by atoms with E-state index in [1.807, 2.05) is 0 Å². The molecule has 0 spiro atoms. The Morgan fingerprint density at radius 1 is 1.43 bits per heavy atom. The summed E-state index contributed by atoms with van der Waals surface area (Å²) in [4.78, 5) is 23.0. The Hall–Kier alpha value is -2.37. The minimum atomic E-state index is -0.741. The van der Waals surface area contributed by atoms with E-state index in [9.17, 15) is 14.0 Å². The van der Waals surface area contributed by atoms with E-state index in [1.54, 1.807) is 13.0 Å². The van der Waals surface area contributed by atoms with Crippen molar-refractivity contribution in [1.29, 1.82) is 0 Å². The minimum absolute atomic E-state index is 0.132. The average Bonchev–Trinajstić information content (AvgIpc) is 2.45. The van der Waals surface area contributed by atoms with Gasteiger partial charge in [0.15, 0.2) is 11.6 Å². The van der Waals surface area contributed by atoms with Gasteiger partial charge in [0, 0.05) is 6.08 Å². The highest BCUT2D eigenvalue weighted by atomic mass is 19.1. The van der Waals surface area contributed by atoms with Crippen molar-refractivity contribution in [2.45, 2.75) is 19.9 Å². The molecule has 0 fully saturated rings. The monoisotopic (exact) mass is 295 g/mol. The Balaban J connectivity index is 2.62. The summed E-state index contributed by atoms with van der Waals surface area (Å²) < 4.78 is 23.0. The average molecular weight is 295 g/mol. The van der Waals surface area contributed by atoms with Crippen molar-refractivity contribution in [2.24, 2.45) is 0 Å². The van der Waals surface area contributed by atoms with Crippen molar-refractivity contribution in [3.63, 3.8) is 0 Å². The number of esters is 1. The quantitative estimate of drug-likeness (QED) is 0.643.